The molecule has 0 fully saturated rings. The van der Waals surface area contributed by atoms with Gasteiger partial charge in [0.1, 0.15) is 5.82 Å². The largest absolute Gasteiger partial charge is 0.329 e. The zero-order valence-electron chi connectivity index (χ0n) is 12.2. The average molecular weight is 297 g/mol. The quantitative estimate of drug-likeness (QED) is 0.629. The molecule has 2 nitrogen and oxygen atoms in total. The van der Waals surface area contributed by atoms with Gasteiger partial charge in [-0.05, 0) is 36.1 Å². The molecule has 21 heavy (non-hydrogen) atoms. The van der Waals surface area contributed by atoms with E-state index >= 15 is 0 Å². The van der Waals surface area contributed by atoms with Gasteiger partial charge in [0.2, 0.25) is 0 Å². The molecule has 0 saturated carbocycles. The molecule has 3 rings (SSSR count). The molecule has 3 aromatic rings. The van der Waals surface area contributed by atoms with Crippen LogP contribution in [0.5, 0.6) is 0 Å². The van der Waals surface area contributed by atoms with E-state index in [1.807, 2.05) is 19.2 Å². The SMILES string of the molecule is Cc1cccc(N(C)c2nc(CCl)cc3ccccc23)c1. The second-order valence-electron chi connectivity index (χ2n) is 5.19. The van der Waals surface area contributed by atoms with Gasteiger partial charge in [-0.3, -0.25) is 0 Å². The molecule has 1 aromatic heterocycles. The number of anilines is 2. The van der Waals surface area contributed by atoms with Gasteiger partial charge in [0, 0.05) is 18.1 Å². The smallest absolute Gasteiger partial charge is 0.140 e. The van der Waals surface area contributed by atoms with E-state index in [-0.39, 0.29) is 0 Å². The highest BCUT2D eigenvalue weighted by molar-refractivity contribution is 6.17. The first-order valence-electron chi connectivity index (χ1n) is 6.94. The number of aryl methyl sites for hydroxylation is 1. The van der Waals surface area contributed by atoms with Crippen molar-refractivity contribution in [1.29, 1.82) is 0 Å². The molecule has 2 aromatic carbocycles. The minimum absolute atomic E-state index is 0.416. The van der Waals surface area contributed by atoms with Crippen LogP contribution in [0.3, 0.4) is 0 Å². The third kappa shape index (κ3) is 2.72. The summed E-state index contributed by atoms with van der Waals surface area (Å²) in [5.74, 6) is 1.36. The van der Waals surface area contributed by atoms with Gasteiger partial charge in [-0.15, -0.1) is 11.6 Å². The lowest BCUT2D eigenvalue weighted by molar-refractivity contribution is 1.10. The van der Waals surface area contributed by atoms with Gasteiger partial charge in [0.15, 0.2) is 0 Å². The van der Waals surface area contributed by atoms with E-state index in [4.69, 9.17) is 16.6 Å². The Hall–Kier alpha value is -2.06. The summed E-state index contributed by atoms with van der Waals surface area (Å²) in [6, 6.07) is 18.7. The Labute approximate surface area is 130 Å². The molecular formula is C18H17ClN2. The summed E-state index contributed by atoms with van der Waals surface area (Å²) in [5.41, 5.74) is 3.25. The molecule has 1 heterocycles. The van der Waals surface area contributed by atoms with Gasteiger partial charge < -0.3 is 4.90 Å². The van der Waals surface area contributed by atoms with Crippen LogP contribution in [0.15, 0.2) is 54.6 Å². The Morgan fingerprint density at radius 3 is 2.62 bits per heavy atom. The van der Waals surface area contributed by atoms with Crippen molar-refractivity contribution in [3.63, 3.8) is 0 Å². The fourth-order valence-electron chi connectivity index (χ4n) is 2.52. The lowest BCUT2D eigenvalue weighted by Gasteiger charge is -2.21. The second-order valence-corrected chi connectivity index (χ2v) is 5.46. The minimum Gasteiger partial charge on any atom is -0.329 e. The first kappa shape index (κ1) is 13.9. The molecule has 0 saturated heterocycles. The topological polar surface area (TPSA) is 16.1 Å². The predicted molar refractivity (Wildman–Crippen MR) is 90.5 cm³/mol. The number of alkyl halides is 1. The molecule has 0 aliphatic heterocycles. The molecule has 0 atom stereocenters. The molecule has 0 N–H and O–H groups in total. The van der Waals surface area contributed by atoms with Crippen molar-refractivity contribution in [2.45, 2.75) is 12.8 Å². The molecule has 0 bridgehead atoms. The first-order chi connectivity index (χ1) is 10.2. The zero-order chi connectivity index (χ0) is 14.8. The molecule has 0 spiro atoms. The summed E-state index contributed by atoms with van der Waals surface area (Å²) in [4.78, 5) is 6.84. The number of rotatable bonds is 3. The van der Waals surface area contributed by atoms with Crippen LogP contribution in [0.25, 0.3) is 10.8 Å². The minimum atomic E-state index is 0.416. The first-order valence-corrected chi connectivity index (χ1v) is 7.47. The van der Waals surface area contributed by atoms with Crippen LogP contribution < -0.4 is 4.90 Å². The monoisotopic (exact) mass is 296 g/mol. The van der Waals surface area contributed by atoms with E-state index < -0.39 is 0 Å². The molecule has 0 aliphatic rings. The number of hydrogen-bond acceptors (Lipinski definition) is 2. The standard InChI is InChI=1S/C18H17ClN2/c1-13-6-5-8-16(10-13)21(2)18-17-9-4-3-7-14(17)11-15(12-19)20-18/h3-11H,12H2,1-2H3. The van der Waals surface area contributed by atoms with Crippen molar-refractivity contribution in [3.8, 4) is 0 Å². The van der Waals surface area contributed by atoms with Crippen LogP contribution >= 0.6 is 11.6 Å². The van der Waals surface area contributed by atoms with Crippen LogP contribution in [0.2, 0.25) is 0 Å². The van der Waals surface area contributed by atoms with E-state index in [1.165, 1.54) is 5.56 Å². The van der Waals surface area contributed by atoms with E-state index in [1.54, 1.807) is 0 Å². The van der Waals surface area contributed by atoms with Gasteiger partial charge in [-0.25, -0.2) is 4.98 Å². The number of hydrogen-bond donors (Lipinski definition) is 0. The fraction of sp³-hybridized carbons (Fsp3) is 0.167. The van der Waals surface area contributed by atoms with Crippen LogP contribution in [0.1, 0.15) is 11.3 Å². The molecule has 0 aliphatic carbocycles. The van der Waals surface area contributed by atoms with Gasteiger partial charge in [-0.2, -0.15) is 0 Å². The van der Waals surface area contributed by atoms with Gasteiger partial charge in [-0.1, -0.05) is 36.4 Å². The van der Waals surface area contributed by atoms with E-state index in [0.717, 1.165) is 28.0 Å². The Bertz CT molecular complexity index is 783. The van der Waals surface area contributed by atoms with Crippen LogP contribution in [-0.4, -0.2) is 12.0 Å². The number of aromatic nitrogens is 1. The Kier molecular flexibility index (Phi) is 3.80. The summed E-state index contributed by atoms with van der Waals surface area (Å²) in [7, 11) is 2.04. The molecule has 106 valence electrons. The average Bonchev–Trinajstić information content (AvgIpc) is 2.53. The number of benzene rings is 2. The van der Waals surface area contributed by atoms with Crippen molar-refractivity contribution < 1.29 is 0 Å². The van der Waals surface area contributed by atoms with Crippen molar-refractivity contribution in [3.05, 3.63) is 65.9 Å². The summed E-state index contributed by atoms with van der Waals surface area (Å²) < 4.78 is 0. The van der Waals surface area contributed by atoms with E-state index in [9.17, 15) is 0 Å². The predicted octanol–water partition coefficient (Wildman–Crippen LogP) is 5.05. The lowest BCUT2D eigenvalue weighted by Crippen LogP contribution is -2.12. The maximum atomic E-state index is 5.99. The third-order valence-electron chi connectivity index (χ3n) is 3.62. The molecule has 3 heteroatoms. The van der Waals surface area contributed by atoms with Crippen LogP contribution in [0.4, 0.5) is 11.5 Å². The summed E-state index contributed by atoms with van der Waals surface area (Å²) in [6.45, 7) is 2.10. The van der Waals surface area contributed by atoms with Crippen molar-refractivity contribution in [1.82, 2.24) is 4.98 Å². The van der Waals surface area contributed by atoms with Gasteiger partial charge >= 0.3 is 0 Å². The number of pyridine rings is 1. The van der Waals surface area contributed by atoms with Crippen LogP contribution in [-0.2, 0) is 5.88 Å². The Morgan fingerprint density at radius 1 is 1.05 bits per heavy atom. The van der Waals surface area contributed by atoms with Gasteiger partial charge in [0.05, 0.1) is 11.6 Å². The Morgan fingerprint density at radius 2 is 1.86 bits per heavy atom. The fourth-order valence-corrected chi connectivity index (χ4v) is 2.65. The highest BCUT2D eigenvalue weighted by atomic mass is 35.5. The number of nitrogens with zero attached hydrogens (tertiary/aromatic N) is 2. The number of fused-ring (bicyclic) bond motifs is 1. The lowest BCUT2D eigenvalue weighted by atomic mass is 10.1. The van der Waals surface area contributed by atoms with Crippen LogP contribution in [0, 0.1) is 6.92 Å². The summed E-state index contributed by atoms with van der Waals surface area (Å²) >= 11 is 5.99. The number of halogens is 1. The maximum absolute atomic E-state index is 5.99. The molecule has 0 unspecified atom stereocenters. The highest BCUT2D eigenvalue weighted by Crippen LogP contribution is 2.30. The van der Waals surface area contributed by atoms with E-state index in [0.29, 0.717) is 5.88 Å². The zero-order valence-corrected chi connectivity index (χ0v) is 12.9. The molecule has 0 amide bonds. The molecular weight excluding hydrogens is 280 g/mol. The normalized spacial score (nSPS) is 10.8. The van der Waals surface area contributed by atoms with Gasteiger partial charge in [0.25, 0.3) is 0 Å². The maximum Gasteiger partial charge on any atom is 0.140 e. The Balaban J connectivity index is 2.18. The summed E-state index contributed by atoms with van der Waals surface area (Å²) in [6.07, 6.45) is 0. The van der Waals surface area contributed by atoms with Crippen molar-refractivity contribution >= 4 is 33.9 Å². The molecule has 0 radical (unpaired) electrons. The van der Waals surface area contributed by atoms with E-state index in [2.05, 4.69) is 54.3 Å². The van der Waals surface area contributed by atoms with Crippen molar-refractivity contribution in [2.24, 2.45) is 0 Å². The summed E-state index contributed by atoms with van der Waals surface area (Å²) in [5, 5.41) is 2.30. The third-order valence-corrected chi connectivity index (χ3v) is 3.89. The second kappa shape index (κ2) is 5.74. The highest BCUT2D eigenvalue weighted by Gasteiger charge is 2.11. The van der Waals surface area contributed by atoms with Crippen molar-refractivity contribution in [2.75, 3.05) is 11.9 Å².